The topological polar surface area (TPSA) is 58.9 Å². The highest BCUT2D eigenvalue weighted by Crippen LogP contribution is 2.36. The van der Waals surface area contributed by atoms with Crippen molar-refractivity contribution >= 4 is 11.7 Å². The van der Waals surface area contributed by atoms with Crippen LogP contribution in [0.25, 0.3) is 0 Å². The number of halogens is 3. The Morgan fingerprint density at radius 2 is 2.25 bits per heavy atom. The molecule has 0 heterocycles. The molecular weight excluding hydrogens is 227 g/mol. The Hall–Kier alpha value is -1.27. The van der Waals surface area contributed by atoms with E-state index in [9.17, 15) is 18.0 Å². The molecule has 0 aromatic heterocycles. The zero-order valence-electron chi connectivity index (χ0n) is 8.46. The zero-order chi connectivity index (χ0) is 12.2. The lowest BCUT2D eigenvalue weighted by Gasteiger charge is -2.24. The second kappa shape index (κ2) is 5.18. The monoisotopic (exact) mass is 239 g/mol. The molecule has 0 saturated heterocycles. The quantitative estimate of drug-likeness (QED) is 0.768. The third-order valence-corrected chi connectivity index (χ3v) is 2.34. The van der Waals surface area contributed by atoms with Crippen LogP contribution in [0.5, 0.6) is 0 Å². The summed E-state index contributed by atoms with van der Waals surface area (Å²) in [5.41, 5.74) is 0.287. The summed E-state index contributed by atoms with van der Waals surface area (Å²) < 4.78 is 37.1. The molecule has 0 radical (unpaired) electrons. The maximum atomic E-state index is 12.4. The van der Waals surface area contributed by atoms with Gasteiger partial charge in [-0.3, -0.25) is 0 Å². The van der Waals surface area contributed by atoms with Crippen molar-refractivity contribution in [3.8, 4) is 0 Å². The number of carbonyl (C=O) groups is 1. The van der Waals surface area contributed by atoms with Gasteiger partial charge in [0, 0.05) is 6.42 Å². The zero-order valence-corrected chi connectivity index (χ0v) is 8.46. The van der Waals surface area contributed by atoms with Crippen molar-refractivity contribution in [3.63, 3.8) is 0 Å². The van der Waals surface area contributed by atoms with Gasteiger partial charge >= 0.3 is 12.1 Å². The number of alkyl halides is 3. The molecule has 1 unspecified atom stereocenters. The smallest absolute Gasteiger partial charge is 0.392 e. The molecule has 0 amide bonds. The highest BCUT2D eigenvalue weighted by Gasteiger charge is 2.41. The summed E-state index contributed by atoms with van der Waals surface area (Å²) in [6.07, 6.45) is -3.47. The molecular formula is C9H12F3NO3. The Morgan fingerprint density at radius 3 is 2.81 bits per heavy atom. The molecule has 1 fully saturated rings. The van der Waals surface area contributed by atoms with Gasteiger partial charge in [-0.25, -0.2) is 4.79 Å². The van der Waals surface area contributed by atoms with Crippen molar-refractivity contribution in [2.45, 2.75) is 31.9 Å². The summed E-state index contributed by atoms with van der Waals surface area (Å²) in [7, 11) is 0. The van der Waals surface area contributed by atoms with Crippen LogP contribution in [0, 0.1) is 5.92 Å². The first-order valence-corrected chi connectivity index (χ1v) is 4.86. The maximum Gasteiger partial charge on any atom is 0.392 e. The Bertz CT molecular complexity index is 288. The first-order valence-electron chi connectivity index (χ1n) is 4.86. The van der Waals surface area contributed by atoms with Crippen LogP contribution < -0.4 is 0 Å². The number of nitrogens with zero attached hydrogens (tertiary/aromatic N) is 1. The Labute approximate surface area is 90.1 Å². The van der Waals surface area contributed by atoms with E-state index in [-0.39, 0.29) is 18.6 Å². The predicted octanol–water partition coefficient (Wildman–Crippen LogP) is 2.20. The number of hydrogen-bond acceptors (Lipinski definition) is 3. The molecule has 1 aliphatic carbocycles. The van der Waals surface area contributed by atoms with Gasteiger partial charge in [0.15, 0.2) is 0 Å². The Kier molecular flexibility index (Phi) is 4.14. The van der Waals surface area contributed by atoms with Crippen LogP contribution in [0.15, 0.2) is 5.16 Å². The maximum absolute atomic E-state index is 12.4. The van der Waals surface area contributed by atoms with Gasteiger partial charge in [0.05, 0.1) is 11.6 Å². The molecule has 1 N–H and O–H groups in total. The van der Waals surface area contributed by atoms with E-state index >= 15 is 0 Å². The van der Waals surface area contributed by atoms with Crippen LogP contribution in [0.3, 0.4) is 0 Å². The van der Waals surface area contributed by atoms with Crippen LogP contribution in [0.4, 0.5) is 13.2 Å². The molecule has 92 valence electrons. The fourth-order valence-corrected chi connectivity index (χ4v) is 1.58. The highest BCUT2D eigenvalue weighted by atomic mass is 19.4. The lowest BCUT2D eigenvalue weighted by molar-refractivity contribution is -0.176. The molecule has 1 atom stereocenters. The average Bonchev–Trinajstić information content (AvgIpc) is 2.16. The van der Waals surface area contributed by atoms with Gasteiger partial charge in [0.25, 0.3) is 0 Å². The molecule has 0 bridgehead atoms. The van der Waals surface area contributed by atoms with Gasteiger partial charge in [-0.1, -0.05) is 5.16 Å². The van der Waals surface area contributed by atoms with Crippen molar-refractivity contribution in [1.29, 1.82) is 0 Å². The fourth-order valence-electron chi connectivity index (χ4n) is 1.58. The van der Waals surface area contributed by atoms with E-state index in [1.165, 1.54) is 0 Å². The summed E-state index contributed by atoms with van der Waals surface area (Å²) in [4.78, 5) is 14.5. The molecule has 0 aromatic rings. The molecule has 0 aromatic carbocycles. The normalized spacial score (nSPS) is 24.4. The van der Waals surface area contributed by atoms with E-state index in [1.54, 1.807) is 0 Å². The SMILES string of the molecule is O=C(O)CON=C1CCCC(C(F)(F)F)C1. The van der Waals surface area contributed by atoms with Crippen molar-refractivity contribution in [1.82, 2.24) is 0 Å². The van der Waals surface area contributed by atoms with Crippen molar-refractivity contribution < 1.29 is 27.9 Å². The van der Waals surface area contributed by atoms with E-state index in [0.717, 1.165) is 0 Å². The fraction of sp³-hybridized carbons (Fsp3) is 0.778. The molecule has 4 nitrogen and oxygen atoms in total. The van der Waals surface area contributed by atoms with Crippen LogP contribution in [0.2, 0.25) is 0 Å². The summed E-state index contributed by atoms with van der Waals surface area (Å²) >= 11 is 0. The Morgan fingerprint density at radius 1 is 1.56 bits per heavy atom. The van der Waals surface area contributed by atoms with Crippen molar-refractivity contribution in [3.05, 3.63) is 0 Å². The number of aliphatic carboxylic acids is 1. The molecule has 0 spiro atoms. The van der Waals surface area contributed by atoms with Gasteiger partial charge in [0.1, 0.15) is 0 Å². The van der Waals surface area contributed by atoms with Gasteiger partial charge in [0.2, 0.25) is 6.61 Å². The molecule has 1 aliphatic rings. The third-order valence-electron chi connectivity index (χ3n) is 2.34. The summed E-state index contributed by atoms with van der Waals surface area (Å²) in [6, 6.07) is 0. The van der Waals surface area contributed by atoms with Crippen LogP contribution in [-0.4, -0.2) is 29.6 Å². The van der Waals surface area contributed by atoms with Crippen LogP contribution in [0.1, 0.15) is 25.7 Å². The third kappa shape index (κ3) is 4.08. The van der Waals surface area contributed by atoms with E-state index in [0.29, 0.717) is 12.8 Å². The first kappa shape index (κ1) is 12.8. The molecule has 1 rings (SSSR count). The van der Waals surface area contributed by atoms with Gasteiger partial charge in [-0.05, 0) is 19.3 Å². The van der Waals surface area contributed by atoms with E-state index in [4.69, 9.17) is 5.11 Å². The molecule has 0 aliphatic heterocycles. The summed E-state index contributed by atoms with van der Waals surface area (Å²) in [6.45, 7) is -0.625. The minimum absolute atomic E-state index is 0.0987. The lowest BCUT2D eigenvalue weighted by Crippen LogP contribution is -2.29. The molecule has 7 heteroatoms. The van der Waals surface area contributed by atoms with E-state index in [2.05, 4.69) is 9.99 Å². The lowest BCUT2D eigenvalue weighted by atomic mass is 9.87. The van der Waals surface area contributed by atoms with Crippen molar-refractivity contribution in [2.24, 2.45) is 11.1 Å². The second-order valence-corrected chi connectivity index (χ2v) is 3.66. The first-order chi connectivity index (χ1) is 7.39. The number of oxime groups is 1. The second-order valence-electron chi connectivity index (χ2n) is 3.66. The van der Waals surface area contributed by atoms with Gasteiger partial charge in [-0.2, -0.15) is 13.2 Å². The summed E-state index contributed by atoms with van der Waals surface area (Å²) in [5.74, 6) is -2.58. The minimum Gasteiger partial charge on any atom is -0.479 e. The molecule has 16 heavy (non-hydrogen) atoms. The highest BCUT2D eigenvalue weighted by molar-refractivity contribution is 5.85. The van der Waals surface area contributed by atoms with E-state index < -0.39 is 24.7 Å². The number of hydrogen-bond donors (Lipinski definition) is 1. The van der Waals surface area contributed by atoms with Crippen molar-refractivity contribution in [2.75, 3.05) is 6.61 Å². The minimum atomic E-state index is -4.21. The van der Waals surface area contributed by atoms with Crippen LogP contribution in [-0.2, 0) is 9.63 Å². The van der Waals surface area contributed by atoms with Gasteiger partial charge in [-0.15, -0.1) is 0 Å². The largest absolute Gasteiger partial charge is 0.479 e. The standard InChI is InChI=1S/C9H12F3NO3/c10-9(11,12)6-2-1-3-7(4-6)13-16-5-8(14)15/h6H,1-5H2,(H,14,15). The van der Waals surface area contributed by atoms with E-state index in [1.807, 2.05) is 0 Å². The van der Waals surface area contributed by atoms with Gasteiger partial charge < -0.3 is 9.94 Å². The Balaban J connectivity index is 2.47. The molecule has 1 saturated carbocycles. The average molecular weight is 239 g/mol. The number of rotatable bonds is 3. The van der Waals surface area contributed by atoms with Crippen LogP contribution >= 0.6 is 0 Å². The number of carboxylic acid groups (broad SMARTS) is 1. The summed E-state index contributed by atoms with van der Waals surface area (Å²) in [5, 5.41) is 11.7. The number of carboxylic acids is 1. The predicted molar refractivity (Wildman–Crippen MR) is 49.0 cm³/mol.